The Morgan fingerprint density at radius 2 is 1.55 bits per heavy atom. The summed E-state index contributed by atoms with van der Waals surface area (Å²) in [6.07, 6.45) is 0. The van der Waals surface area contributed by atoms with Crippen molar-refractivity contribution < 1.29 is 8.42 Å². The van der Waals surface area contributed by atoms with Crippen LogP contribution in [0.4, 0.5) is 0 Å². The molecule has 1 saturated heterocycles. The maximum Gasteiger partial charge on any atom is 0.215 e. The zero-order valence-corrected chi connectivity index (χ0v) is 14.2. The third-order valence-corrected chi connectivity index (χ3v) is 5.19. The molecule has 0 spiro atoms. The van der Waals surface area contributed by atoms with Crippen LogP contribution < -0.4 is 5.32 Å². The van der Waals surface area contributed by atoms with Gasteiger partial charge in [0, 0.05) is 45.8 Å². The summed E-state index contributed by atoms with van der Waals surface area (Å²) in [6, 6.07) is 0. The second-order valence-electron chi connectivity index (χ2n) is 6.51. The smallest absolute Gasteiger partial charge is 0.215 e. The SMILES string of the molecule is CC(C)CN(CC(C)C)S(=O)(=O)CCN1CCNCC1. The molecule has 0 aliphatic carbocycles. The normalized spacial score (nSPS) is 18.4. The van der Waals surface area contributed by atoms with Gasteiger partial charge in [0.2, 0.25) is 10.0 Å². The van der Waals surface area contributed by atoms with Gasteiger partial charge in [-0.25, -0.2) is 12.7 Å². The van der Waals surface area contributed by atoms with E-state index in [9.17, 15) is 8.42 Å². The Labute approximate surface area is 124 Å². The van der Waals surface area contributed by atoms with Gasteiger partial charge < -0.3 is 5.32 Å². The van der Waals surface area contributed by atoms with Crippen molar-refractivity contribution >= 4 is 10.0 Å². The van der Waals surface area contributed by atoms with Crippen LogP contribution in [0.5, 0.6) is 0 Å². The summed E-state index contributed by atoms with van der Waals surface area (Å²) in [7, 11) is -3.14. The predicted octanol–water partition coefficient (Wildman–Crippen LogP) is 0.835. The number of hydrogen-bond acceptors (Lipinski definition) is 4. The minimum Gasteiger partial charge on any atom is -0.314 e. The van der Waals surface area contributed by atoms with Gasteiger partial charge in [0.1, 0.15) is 0 Å². The zero-order chi connectivity index (χ0) is 15.2. The molecular weight excluding hydrogens is 274 g/mol. The molecule has 5 nitrogen and oxygen atoms in total. The van der Waals surface area contributed by atoms with Gasteiger partial charge in [-0.3, -0.25) is 4.90 Å². The maximum absolute atomic E-state index is 12.5. The molecule has 0 amide bonds. The lowest BCUT2D eigenvalue weighted by atomic mass is 10.2. The van der Waals surface area contributed by atoms with Crippen LogP contribution in [0, 0.1) is 11.8 Å². The van der Waals surface area contributed by atoms with Gasteiger partial charge in [-0.2, -0.15) is 0 Å². The number of sulfonamides is 1. The van der Waals surface area contributed by atoms with Gasteiger partial charge in [0.05, 0.1) is 5.75 Å². The van der Waals surface area contributed by atoms with Crippen LogP contribution >= 0.6 is 0 Å². The van der Waals surface area contributed by atoms with E-state index in [1.807, 2.05) is 0 Å². The van der Waals surface area contributed by atoms with E-state index in [1.54, 1.807) is 4.31 Å². The van der Waals surface area contributed by atoms with Crippen molar-refractivity contribution in [3.63, 3.8) is 0 Å². The summed E-state index contributed by atoms with van der Waals surface area (Å²) >= 11 is 0. The van der Waals surface area contributed by atoms with Gasteiger partial charge in [0.15, 0.2) is 0 Å². The van der Waals surface area contributed by atoms with Crippen molar-refractivity contribution in [2.45, 2.75) is 27.7 Å². The Morgan fingerprint density at radius 3 is 2.00 bits per heavy atom. The minimum absolute atomic E-state index is 0.242. The third-order valence-electron chi connectivity index (χ3n) is 3.41. The second kappa shape index (κ2) is 8.32. The van der Waals surface area contributed by atoms with Gasteiger partial charge in [-0.05, 0) is 11.8 Å². The fourth-order valence-corrected chi connectivity index (χ4v) is 4.22. The van der Waals surface area contributed by atoms with Crippen LogP contribution in [0.25, 0.3) is 0 Å². The molecule has 0 aromatic heterocycles. The number of nitrogens with zero attached hydrogens (tertiary/aromatic N) is 2. The van der Waals surface area contributed by atoms with Crippen LogP contribution in [0.2, 0.25) is 0 Å². The molecule has 1 N–H and O–H groups in total. The number of hydrogen-bond donors (Lipinski definition) is 1. The Kier molecular flexibility index (Phi) is 7.43. The van der Waals surface area contributed by atoms with Crippen LogP contribution in [0.3, 0.4) is 0 Å². The molecule has 0 aromatic carbocycles. The molecule has 1 rings (SSSR count). The number of piperazine rings is 1. The quantitative estimate of drug-likeness (QED) is 0.722. The first kappa shape index (κ1) is 17.9. The predicted molar refractivity (Wildman–Crippen MR) is 84.3 cm³/mol. The van der Waals surface area contributed by atoms with E-state index in [0.29, 0.717) is 31.5 Å². The summed E-state index contributed by atoms with van der Waals surface area (Å²) in [5.74, 6) is 0.970. The van der Waals surface area contributed by atoms with Crippen molar-refractivity contribution in [1.29, 1.82) is 0 Å². The summed E-state index contributed by atoms with van der Waals surface area (Å²) in [6.45, 7) is 14.0. The molecule has 0 bridgehead atoms. The lowest BCUT2D eigenvalue weighted by Crippen LogP contribution is -2.47. The first-order valence-corrected chi connectivity index (χ1v) is 9.33. The highest BCUT2D eigenvalue weighted by atomic mass is 32.2. The minimum atomic E-state index is -3.14. The van der Waals surface area contributed by atoms with Crippen molar-refractivity contribution in [2.24, 2.45) is 11.8 Å². The van der Waals surface area contributed by atoms with Crippen molar-refractivity contribution in [3.8, 4) is 0 Å². The number of nitrogens with one attached hydrogen (secondary N) is 1. The maximum atomic E-state index is 12.5. The lowest BCUT2D eigenvalue weighted by Gasteiger charge is -2.29. The monoisotopic (exact) mass is 305 g/mol. The Morgan fingerprint density at radius 1 is 1.05 bits per heavy atom. The molecule has 1 heterocycles. The molecule has 1 aliphatic rings. The molecule has 1 fully saturated rings. The van der Waals surface area contributed by atoms with E-state index in [4.69, 9.17) is 0 Å². The molecule has 1 aliphatic heterocycles. The largest absolute Gasteiger partial charge is 0.314 e. The second-order valence-corrected chi connectivity index (χ2v) is 8.60. The van der Waals surface area contributed by atoms with Crippen molar-refractivity contribution in [1.82, 2.24) is 14.5 Å². The Balaban J connectivity index is 2.56. The van der Waals surface area contributed by atoms with Crippen molar-refractivity contribution in [3.05, 3.63) is 0 Å². The molecule has 0 saturated carbocycles. The van der Waals surface area contributed by atoms with E-state index in [2.05, 4.69) is 37.9 Å². The highest BCUT2D eigenvalue weighted by Gasteiger charge is 2.24. The van der Waals surface area contributed by atoms with E-state index in [-0.39, 0.29) is 5.75 Å². The lowest BCUT2D eigenvalue weighted by molar-refractivity contribution is 0.251. The van der Waals surface area contributed by atoms with Gasteiger partial charge in [-0.15, -0.1) is 0 Å². The molecule has 0 aromatic rings. The molecule has 6 heteroatoms. The van der Waals surface area contributed by atoms with Gasteiger partial charge in [-0.1, -0.05) is 27.7 Å². The Hall–Kier alpha value is -0.170. The standard InChI is InChI=1S/C14H31N3O2S/c1-13(2)11-17(12-14(3)4)20(18,19)10-9-16-7-5-15-6-8-16/h13-15H,5-12H2,1-4H3. The molecular formula is C14H31N3O2S. The summed E-state index contributed by atoms with van der Waals surface area (Å²) in [5, 5.41) is 3.29. The van der Waals surface area contributed by atoms with E-state index in [1.165, 1.54) is 0 Å². The molecule has 0 radical (unpaired) electrons. The first-order valence-electron chi connectivity index (χ1n) is 7.72. The van der Waals surface area contributed by atoms with Crippen LogP contribution in [0.1, 0.15) is 27.7 Å². The fraction of sp³-hybridized carbons (Fsp3) is 1.00. The van der Waals surface area contributed by atoms with E-state index >= 15 is 0 Å². The molecule has 120 valence electrons. The van der Waals surface area contributed by atoms with E-state index in [0.717, 1.165) is 26.2 Å². The molecule has 0 unspecified atom stereocenters. The summed E-state index contributed by atoms with van der Waals surface area (Å²) < 4.78 is 26.7. The van der Waals surface area contributed by atoms with Gasteiger partial charge >= 0.3 is 0 Å². The zero-order valence-electron chi connectivity index (χ0n) is 13.4. The van der Waals surface area contributed by atoms with Crippen LogP contribution in [-0.4, -0.2) is 69.2 Å². The van der Waals surface area contributed by atoms with E-state index < -0.39 is 10.0 Å². The fourth-order valence-electron chi connectivity index (χ4n) is 2.42. The van der Waals surface area contributed by atoms with Crippen LogP contribution in [-0.2, 0) is 10.0 Å². The van der Waals surface area contributed by atoms with Crippen molar-refractivity contribution in [2.75, 3.05) is 51.6 Å². The average molecular weight is 305 g/mol. The molecule has 0 atom stereocenters. The average Bonchev–Trinajstić information content (AvgIpc) is 2.36. The summed E-state index contributed by atoms with van der Waals surface area (Å²) in [4.78, 5) is 2.23. The highest BCUT2D eigenvalue weighted by molar-refractivity contribution is 7.89. The third kappa shape index (κ3) is 6.52. The molecule has 20 heavy (non-hydrogen) atoms. The summed E-state index contributed by atoms with van der Waals surface area (Å²) in [5.41, 5.74) is 0. The topological polar surface area (TPSA) is 52.7 Å². The number of rotatable bonds is 8. The van der Waals surface area contributed by atoms with Crippen LogP contribution in [0.15, 0.2) is 0 Å². The Bertz CT molecular complexity index is 353. The highest BCUT2D eigenvalue weighted by Crippen LogP contribution is 2.10. The van der Waals surface area contributed by atoms with Gasteiger partial charge in [0.25, 0.3) is 0 Å². The first-order chi connectivity index (χ1) is 9.31.